The van der Waals surface area contributed by atoms with E-state index in [-0.39, 0.29) is 11.3 Å². The van der Waals surface area contributed by atoms with E-state index in [2.05, 4.69) is 4.98 Å². The van der Waals surface area contributed by atoms with Crippen molar-refractivity contribution in [1.29, 1.82) is 0 Å². The van der Waals surface area contributed by atoms with Gasteiger partial charge in [0, 0.05) is 9.13 Å². The summed E-state index contributed by atoms with van der Waals surface area (Å²) in [4.78, 5) is 3.73. The van der Waals surface area contributed by atoms with Gasteiger partial charge in [0.15, 0.2) is 0 Å². The van der Waals surface area contributed by atoms with Crippen molar-refractivity contribution in [3.05, 3.63) is 26.6 Å². The fraction of sp³-hybridized carbons (Fsp3) is 0.375. The second kappa shape index (κ2) is 4.28. The van der Waals surface area contributed by atoms with E-state index in [0.29, 0.717) is 5.69 Å². The molecular formula is C8H8F2INO. The number of aryl methyl sites for hydroxylation is 1. The molecular weight excluding hydrogens is 291 g/mol. The number of alkyl halides is 2. The molecule has 72 valence electrons. The second-order valence-corrected chi connectivity index (χ2v) is 3.72. The summed E-state index contributed by atoms with van der Waals surface area (Å²) in [5.41, 5.74) is 0.443. The second-order valence-electron chi connectivity index (χ2n) is 2.56. The number of pyridine rings is 1. The molecule has 1 rings (SSSR count). The molecule has 1 heterocycles. The highest BCUT2D eigenvalue weighted by atomic mass is 127. The first kappa shape index (κ1) is 10.8. The number of nitrogens with zero attached hydrogens (tertiary/aromatic N) is 1. The molecule has 0 bridgehead atoms. The molecule has 13 heavy (non-hydrogen) atoms. The van der Waals surface area contributed by atoms with Gasteiger partial charge in [0.05, 0.1) is 12.3 Å². The van der Waals surface area contributed by atoms with Gasteiger partial charge in [0.1, 0.15) is 5.69 Å². The Kier molecular flexibility index (Phi) is 3.55. The third kappa shape index (κ3) is 2.34. The molecule has 0 saturated heterocycles. The highest BCUT2D eigenvalue weighted by Crippen LogP contribution is 2.23. The van der Waals surface area contributed by atoms with E-state index >= 15 is 0 Å². The van der Waals surface area contributed by atoms with Crippen molar-refractivity contribution in [1.82, 2.24) is 4.98 Å². The van der Waals surface area contributed by atoms with Crippen LogP contribution in [0.15, 0.2) is 6.07 Å². The lowest BCUT2D eigenvalue weighted by molar-refractivity contribution is 0.141. The molecule has 0 aliphatic carbocycles. The fourth-order valence-corrected chi connectivity index (χ4v) is 1.45. The number of aliphatic hydroxyl groups is 1. The molecule has 0 fully saturated rings. The van der Waals surface area contributed by atoms with Crippen LogP contribution in [0.25, 0.3) is 0 Å². The molecule has 1 aromatic rings. The average molecular weight is 299 g/mol. The Morgan fingerprint density at radius 1 is 1.62 bits per heavy atom. The van der Waals surface area contributed by atoms with Crippen LogP contribution in [0.4, 0.5) is 8.78 Å². The molecule has 0 aliphatic heterocycles. The maximum atomic E-state index is 12.4. The van der Waals surface area contributed by atoms with E-state index in [9.17, 15) is 8.78 Å². The predicted molar refractivity (Wildman–Crippen MR) is 52.6 cm³/mol. The van der Waals surface area contributed by atoms with Crippen LogP contribution in [0.3, 0.4) is 0 Å². The van der Waals surface area contributed by atoms with Crippen LogP contribution < -0.4 is 0 Å². The van der Waals surface area contributed by atoms with Gasteiger partial charge in [-0.1, -0.05) is 0 Å². The van der Waals surface area contributed by atoms with Gasteiger partial charge >= 0.3 is 0 Å². The van der Waals surface area contributed by atoms with Crippen molar-refractivity contribution in [3.63, 3.8) is 0 Å². The number of aromatic nitrogens is 1. The first-order chi connectivity index (χ1) is 6.06. The molecule has 0 unspecified atom stereocenters. The smallest absolute Gasteiger partial charge is 0.280 e. The van der Waals surface area contributed by atoms with Gasteiger partial charge in [-0.05, 0) is 35.6 Å². The summed E-state index contributed by atoms with van der Waals surface area (Å²) >= 11 is 1.99. The zero-order valence-corrected chi connectivity index (χ0v) is 9.05. The van der Waals surface area contributed by atoms with Gasteiger partial charge < -0.3 is 5.11 Å². The molecule has 0 atom stereocenters. The van der Waals surface area contributed by atoms with Crippen LogP contribution in [-0.2, 0) is 6.61 Å². The van der Waals surface area contributed by atoms with Crippen molar-refractivity contribution in [2.45, 2.75) is 20.0 Å². The highest BCUT2D eigenvalue weighted by molar-refractivity contribution is 14.1. The zero-order valence-electron chi connectivity index (χ0n) is 6.89. The number of rotatable bonds is 2. The third-order valence-corrected chi connectivity index (χ3v) is 2.73. The number of hydrogen-bond donors (Lipinski definition) is 1. The van der Waals surface area contributed by atoms with Crippen molar-refractivity contribution < 1.29 is 13.9 Å². The van der Waals surface area contributed by atoms with E-state index in [1.165, 1.54) is 6.07 Å². The lowest BCUT2D eigenvalue weighted by Crippen LogP contribution is -2.02. The molecule has 0 radical (unpaired) electrons. The molecule has 0 aromatic carbocycles. The first-order valence-corrected chi connectivity index (χ1v) is 4.69. The topological polar surface area (TPSA) is 33.1 Å². The van der Waals surface area contributed by atoms with Crippen LogP contribution in [-0.4, -0.2) is 10.1 Å². The maximum Gasteiger partial charge on any atom is 0.280 e. The van der Waals surface area contributed by atoms with Crippen molar-refractivity contribution in [2.24, 2.45) is 0 Å². The minimum Gasteiger partial charge on any atom is -0.392 e. The lowest BCUT2D eigenvalue weighted by atomic mass is 10.2. The summed E-state index contributed by atoms with van der Waals surface area (Å²) in [7, 11) is 0. The number of halogens is 3. The summed E-state index contributed by atoms with van der Waals surface area (Å²) in [6, 6.07) is 1.53. The van der Waals surface area contributed by atoms with Crippen LogP contribution in [0.1, 0.15) is 23.4 Å². The van der Waals surface area contributed by atoms with E-state index < -0.39 is 13.0 Å². The van der Waals surface area contributed by atoms with Gasteiger partial charge in [0.2, 0.25) is 0 Å². The van der Waals surface area contributed by atoms with Crippen LogP contribution in [0.5, 0.6) is 0 Å². The quantitative estimate of drug-likeness (QED) is 0.851. The fourth-order valence-electron chi connectivity index (χ4n) is 0.953. The third-order valence-electron chi connectivity index (χ3n) is 1.64. The molecule has 0 amide bonds. The summed E-state index contributed by atoms with van der Waals surface area (Å²) in [5.74, 6) is 0. The number of hydrogen-bond acceptors (Lipinski definition) is 2. The Labute approximate surface area is 88.1 Å². The lowest BCUT2D eigenvalue weighted by Gasteiger charge is -2.07. The largest absolute Gasteiger partial charge is 0.392 e. The standard InChI is InChI=1S/C8H8F2INO/c1-4-6(11)2-5(3-13)7(12-4)8(9)10/h2,8,13H,3H2,1H3. The van der Waals surface area contributed by atoms with Crippen molar-refractivity contribution >= 4 is 22.6 Å². The first-order valence-electron chi connectivity index (χ1n) is 3.61. The van der Waals surface area contributed by atoms with Gasteiger partial charge in [-0.15, -0.1) is 0 Å². The van der Waals surface area contributed by atoms with Gasteiger partial charge in [-0.2, -0.15) is 0 Å². The van der Waals surface area contributed by atoms with E-state index in [4.69, 9.17) is 5.11 Å². The maximum absolute atomic E-state index is 12.4. The van der Waals surface area contributed by atoms with Crippen LogP contribution in [0.2, 0.25) is 0 Å². The molecule has 1 N–H and O–H groups in total. The van der Waals surface area contributed by atoms with Gasteiger partial charge in [0.25, 0.3) is 6.43 Å². The Morgan fingerprint density at radius 3 is 2.69 bits per heavy atom. The number of aliphatic hydroxyl groups excluding tert-OH is 1. The highest BCUT2D eigenvalue weighted by Gasteiger charge is 2.15. The predicted octanol–water partition coefficient (Wildman–Crippen LogP) is 2.42. The van der Waals surface area contributed by atoms with E-state index in [0.717, 1.165) is 3.57 Å². The Morgan fingerprint density at radius 2 is 2.23 bits per heavy atom. The van der Waals surface area contributed by atoms with E-state index in [1.807, 2.05) is 22.6 Å². The van der Waals surface area contributed by atoms with Crippen LogP contribution >= 0.6 is 22.6 Å². The summed E-state index contributed by atoms with van der Waals surface area (Å²) < 4.78 is 25.5. The monoisotopic (exact) mass is 299 g/mol. The van der Waals surface area contributed by atoms with Crippen LogP contribution in [0, 0.1) is 10.5 Å². The molecule has 5 heteroatoms. The van der Waals surface area contributed by atoms with Gasteiger partial charge in [-0.25, -0.2) is 8.78 Å². The van der Waals surface area contributed by atoms with Crippen molar-refractivity contribution in [2.75, 3.05) is 0 Å². The normalized spacial score (nSPS) is 10.9. The minimum atomic E-state index is -2.63. The Hall–Kier alpha value is -0.300. The minimum absolute atomic E-state index is 0.199. The molecule has 1 aromatic heterocycles. The van der Waals surface area contributed by atoms with Gasteiger partial charge in [-0.3, -0.25) is 4.98 Å². The average Bonchev–Trinajstić information content (AvgIpc) is 2.08. The molecule has 2 nitrogen and oxygen atoms in total. The molecule has 0 spiro atoms. The molecule has 0 aliphatic rings. The van der Waals surface area contributed by atoms with Crippen molar-refractivity contribution in [3.8, 4) is 0 Å². The van der Waals surface area contributed by atoms with E-state index in [1.54, 1.807) is 6.92 Å². The summed E-state index contributed by atoms with van der Waals surface area (Å²) in [5, 5.41) is 8.81. The molecule has 0 saturated carbocycles. The zero-order chi connectivity index (χ0) is 10.0. The summed E-state index contributed by atoms with van der Waals surface area (Å²) in [6.07, 6.45) is -2.63. The Bertz CT molecular complexity index is 317. The Balaban J connectivity index is 3.25. The summed E-state index contributed by atoms with van der Waals surface area (Å²) in [6.45, 7) is 1.26. The SMILES string of the molecule is Cc1nc(C(F)F)c(CO)cc1I.